The number of carbonyl (C=O) groups excluding carboxylic acids is 1. The van der Waals surface area contributed by atoms with E-state index in [1.54, 1.807) is 0 Å². The first-order chi connectivity index (χ1) is 16.2. The number of aryl methyl sites for hydroxylation is 2. The summed E-state index contributed by atoms with van der Waals surface area (Å²) in [6.07, 6.45) is 8.88. The van der Waals surface area contributed by atoms with E-state index in [4.69, 9.17) is 14.7 Å². The van der Waals surface area contributed by atoms with Crippen molar-refractivity contribution in [1.29, 1.82) is 0 Å². The second-order valence-corrected chi connectivity index (χ2v) is 9.69. The van der Waals surface area contributed by atoms with Crippen LogP contribution in [0.1, 0.15) is 91.3 Å². The highest BCUT2D eigenvalue weighted by molar-refractivity contribution is 6.04. The highest BCUT2D eigenvalue weighted by Gasteiger charge is 2.34. The normalized spacial score (nSPS) is 20.6. The molecule has 2 aliphatic heterocycles. The summed E-state index contributed by atoms with van der Waals surface area (Å²) in [5.41, 5.74) is 4.74. The van der Waals surface area contributed by atoms with Gasteiger partial charge in [0.15, 0.2) is 5.65 Å². The van der Waals surface area contributed by atoms with E-state index in [0.29, 0.717) is 12.5 Å². The number of rotatable bonds is 5. The standard InChI is InChI=1S/C27H32N4O2/c1-2-33-20-13-11-19(12-14-20)23-7-6-16-30(23)27(32)21-17-22(18-9-10-18)28-26-25(21)29-24-8-4-3-5-15-31(24)26/h11-14,17-18,23H,2-10,15-16H2,1H3/t23-/m0/s1. The lowest BCUT2D eigenvalue weighted by Crippen LogP contribution is -2.31. The number of aromatic nitrogens is 3. The second-order valence-electron chi connectivity index (χ2n) is 9.69. The van der Waals surface area contributed by atoms with Crippen LogP contribution < -0.4 is 4.74 Å². The van der Waals surface area contributed by atoms with E-state index in [1.807, 2.05) is 19.1 Å². The van der Waals surface area contributed by atoms with Crippen LogP contribution in [0.2, 0.25) is 0 Å². The fourth-order valence-corrected chi connectivity index (χ4v) is 5.53. The second kappa shape index (κ2) is 8.47. The molecule has 33 heavy (non-hydrogen) atoms. The Morgan fingerprint density at radius 1 is 1.03 bits per heavy atom. The Labute approximate surface area is 195 Å². The van der Waals surface area contributed by atoms with Gasteiger partial charge >= 0.3 is 0 Å². The number of imidazole rings is 1. The summed E-state index contributed by atoms with van der Waals surface area (Å²) in [5, 5.41) is 0. The number of nitrogens with zero attached hydrogens (tertiary/aromatic N) is 4. The van der Waals surface area contributed by atoms with Crippen molar-refractivity contribution >= 4 is 17.1 Å². The summed E-state index contributed by atoms with van der Waals surface area (Å²) in [6, 6.07) is 10.4. The van der Waals surface area contributed by atoms with Crippen LogP contribution in [-0.2, 0) is 13.0 Å². The highest BCUT2D eigenvalue weighted by atomic mass is 16.5. The van der Waals surface area contributed by atoms with Gasteiger partial charge in [0.05, 0.1) is 18.2 Å². The average molecular weight is 445 g/mol. The molecule has 6 rings (SSSR count). The lowest BCUT2D eigenvalue weighted by Gasteiger charge is -2.25. The first-order valence-electron chi connectivity index (χ1n) is 12.7. The van der Waals surface area contributed by atoms with Gasteiger partial charge in [-0.1, -0.05) is 18.6 Å². The van der Waals surface area contributed by atoms with Crippen LogP contribution in [0.3, 0.4) is 0 Å². The number of carbonyl (C=O) groups is 1. The van der Waals surface area contributed by atoms with Gasteiger partial charge < -0.3 is 14.2 Å². The maximum absolute atomic E-state index is 14.0. The summed E-state index contributed by atoms with van der Waals surface area (Å²) in [7, 11) is 0. The number of benzene rings is 1. The molecule has 1 atom stereocenters. The molecule has 4 heterocycles. The molecule has 3 aliphatic rings. The van der Waals surface area contributed by atoms with Crippen LogP contribution in [0.5, 0.6) is 5.75 Å². The van der Waals surface area contributed by atoms with Crippen molar-refractivity contribution in [3.8, 4) is 5.75 Å². The number of likely N-dealkylation sites (tertiary alicyclic amines) is 1. The van der Waals surface area contributed by atoms with Gasteiger partial charge in [-0.3, -0.25) is 4.79 Å². The van der Waals surface area contributed by atoms with Gasteiger partial charge in [-0.2, -0.15) is 0 Å². The van der Waals surface area contributed by atoms with Gasteiger partial charge in [0.25, 0.3) is 5.91 Å². The van der Waals surface area contributed by atoms with Crippen molar-refractivity contribution < 1.29 is 9.53 Å². The summed E-state index contributed by atoms with van der Waals surface area (Å²) in [6.45, 7) is 4.39. The van der Waals surface area contributed by atoms with Gasteiger partial charge in [-0.15, -0.1) is 0 Å². The zero-order valence-corrected chi connectivity index (χ0v) is 19.4. The molecule has 2 aromatic heterocycles. The Balaban J connectivity index is 1.38. The number of pyridine rings is 1. The predicted molar refractivity (Wildman–Crippen MR) is 128 cm³/mol. The molecule has 2 fully saturated rings. The number of fused-ring (bicyclic) bond motifs is 3. The SMILES string of the molecule is CCOc1ccc([C@@H]2CCCN2C(=O)c2cc(C3CC3)nc3c2nc2n3CCCCC2)cc1. The first kappa shape index (κ1) is 20.7. The Kier molecular flexibility index (Phi) is 5.31. The van der Waals surface area contributed by atoms with Crippen molar-refractivity contribution in [2.24, 2.45) is 0 Å². The lowest BCUT2D eigenvalue weighted by atomic mass is 10.0. The van der Waals surface area contributed by atoms with Crippen LogP contribution >= 0.6 is 0 Å². The number of hydrogen-bond acceptors (Lipinski definition) is 4. The Morgan fingerprint density at radius 3 is 2.67 bits per heavy atom. The number of amides is 1. The van der Waals surface area contributed by atoms with E-state index >= 15 is 0 Å². The summed E-state index contributed by atoms with van der Waals surface area (Å²) < 4.78 is 7.90. The van der Waals surface area contributed by atoms with E-state index in [2.05, 4.69) is 27.7 Å². The predicted octanol–water partition coefficient (Wildman–Crippen LogP) is 5.41. The molecule has 1 saturated carbocycles. The molecule has 3 aromatic rings. The van der Waals surface area contributed by atoms with Crippen molar-refractivity contribution in [3.63, 3.8) is 0 Å². The fraction of sp³-hybridized carbons (Fsp3) is 0.519. The van der Waals surface area contributed by atoms with Crippen molar-refractivity contribution in [2.75, 3.05) is 13.2 Å². The molecule has 0 spiro atoms. The molecule has 0 bridgehead atoms. The molecule has 0 unspecified atom stereocenters. The third kappa shape index (κ3) is 3.79. The first-order valence-corrected chi connectivity index (χ1v) is 12.7. The third-order valence-corrected chi connectivity index (χ3v) is 7.40. The Bertz CT molecular complexity index is 1180. The number of ether oxygens (including phenoxy) is 1. The maximum atomic E-state index is 14.0. The van der Waals surface area contributed by atoms with Gasteiger partial charge in [0.1, 0.15) is 17.1 Å². The highest BCUT2D eigenvalue weighted by Crippen LogP contribution is 2.41. The van der Waals surface area contributed by atoms with Crippen molar-refractivity contribution in [1.82, 2.24) is 19.4 Å². The summed E-state index contributed by atoms with van der Waals surface area (Å²) in [5.74, 6) is 2.58. The average Bonchev–Trinajstić information content (AvgIpc) is 3.54. The molecule has 1 amide bonds. The maximum Gasteiger partial charge on any atom is 0.256 e. The molecule has 1 aliphatic carbocycles. The Hall–Kier alpha value is -2.89. The van der Waals surface area contributed by atoms with Gasteiger partial charge in [-0.05, 0) is 69.2 Å². The molecule has 0 N–H and O–H groups in total. The summed E-state index contributed by atoms with van der Waals surface area (Å²) >= 11 is 0. The van der Waals surface area contributed by atoms with Crippen molar-refractivity contribution in [2.45, 2.75) is 76.8 Å². The molecule has 6 heteroatoms. The molecule has 1 saturated heterocycles. The minimum Gasteiger partial charge on any atom is -0.494 e. The van der Waals surface area contributed by atoms with Crippen LogP contribution in [-0.4, -0.2) is 38.5 Å². The smallest absolute Gasteiger partial charge is 0.256 e. The lowest BCUT2D eigenvalue weighted by molar-refractivity contribution is 0.0737. The van der Waals surface area contributed by atoms with Crippen LogP contribution in [0.25, 0.3) is 11.2 Å². The third-order valence-electron chi connectivity index (χ3n) is 7.40. The van der Waals surface area contributed by atoms with Gasteiger partial charge in [-0.25, -0.2) is 9.97 Å². The molecular weight excluding hydrogens is 412 g/mol. The minimum absolute atomic E-state index is 0.0983. The van der Waals surface area contributed by atoms with Crippen LogP contribution in [0.4, 0.5) is 0 Å². The monoisotopic (exact) mass is 444 g/mol. The molecule has 0 radical (unpaired) electrons. The Morgan fingerprint density at radius 2 is 1.88 bits per heavy atom. The van der Waals surface area contributed by atoms with E-state index in [-0.39, 0.29) is 11.9 Å². The van der Waals surface area contributed by atoms with Crippen molar-refractivity contribution in [3.05, 3.63) is 53.0 Å². The van der Waals surface area contributed by atoms with E-state index in [1.165, 1.54) is 24.8 Å². The van der Waals surface area contributed by atoms with E-state index in [9.17, 15) is 4.79 Å². The van der Waals surface area contributed by atoms with E-state index in [0.717, 1.165) is 79.2 Å². The van der Waals surface area contributed by atoms with Gasteiger partial charge in [0.2, 0.25) is 0 Å². The topological polar surface area (TPSA) is 60.2 Å². The molecule has 1 aromatic carbocycles. The largest absolute Gasteiger partial charge is 0.494 e. The zero-order chi connectivity index (χ0) is 22.4. The van der Waals surface area contributed by atoms with Gasteiger partial charge in [0, 0.05) is 31.1 Å². The molecule has 172 valence electrons. The van der Waals surface area contributed by atoms with Crippen LogP contribution in [0.15, 0.2) is 30.3 Å². The summed E-state index contributed by atoms with van der Waals surface area (Å²) in [4.78, 5) is 26.1. The molecular formula is C27H32N4O2. The minimum atomic E-state index is 0.0983. The fourth-order valence-electron chi connectivity index (χ4n) is 5.53. The quantitative estimate of drug-likeness (QED) is 0.528. The number of hydrogen-bond donors (Lipinski definition) is 0. The zero-order valence-electron chi connectivity index (χ0n) is 19.4. The van der Waals surface area contributed by atoms with Crippen LogP contribution in [0, 0.1) is 0 Å². The van der Waals surface area contributed by atoms with E-state index < -0.39 is 0 Å². The molecule has 6 nitrogen and oxygen atoms in total.